The molecule has 2 aliphatic rings. The van der Waals surface area contributed by atoms with Crippen molar-refractivity contribution in [1.29, 1.82) is 0 Å². The molecule has 22 heavy (non-hydrogen) atoms. The maximum atomic E-state index is 13.2. The zero-order chi connectivity index (χ0) is 15.9. The first kappa shape index (κ1) is 15.5. The highest BCUT2D eigenvalue weighted by Crippen LogP contribution is 2.46. The molecule has 2 aliphatic carbocycles. The van der Waals surface area contributed by atoms with Crippen molar-refractivity contribution in [2.24, 2.45) is 17.6 Å². The highest BCUT2D eigenvalue weighted by molar-refractivity contribution is 5.70. The number of nitrogens with zero attached hydrogens (tertiary/aromatic N) is 2. The second kappa shape index (κ2) is 5.65. The van der Waals surface area contributed by atoms with Gasteiger partial charge in [0.05, 0.1) is 17.0 Å². The lowest BCUT2D eigenvalue weighted by Crippen LogP contribution is -2.35. The van der Waals surface area contributed by atoms with Gasteiger partial charge in [-0.3, -0.25) is 9.97 Å². The van der Waals surface area contributed by atoms with E-state index in [0.29, 0.717) is 18.0 Å². The molecule has 6 heteroatoms. The largest absolute Gasteiger partial charge is 0.418 e. The van der Waals surface area contributed by atoms with E-state index in [2.05, 4.69) is 16.9 Å². The lowest BCUT2D eigenvalue weighted by Gasteiger charge is -2.37. The van der Waals surface area contributed by atoms with E-state index < -0.39 is 11.7 Å². The van der Waals surface area contributed by atoms with Gasteiger partial charge in [-0.2, -0.15) is 13.2 Å². The number of allylic oxidation sites excluding steroid dienone is 2. The van der Waals surface area contributed by atoms with Gasteiger partial charge in [-0.1, -0.05) is 13.0 Å². The Labute approximate surface area is 127 Å². The molecule has 1 aromatic rings. The molecule has 1 heterocycles. The van der Waals surface area contributed by atoms with Crippen LogP contribution in [0.5, 0.6) is 0 Å². The zero-order valence-electron chi connectivity index (χ0n) is 12.5. The number of rotatable bonds is 1. The van der Waals surface area contributed by atoms with Crippen LogP contribution in [-0.2, 0) is 0 Å². The van der Waals surface area contributed by atoms with Crippen LogP contribution in [0.4, 0.5) is 13.2 Å². The van der Waals surface area contributed by atoms with Gasteiger partial charge in [0, 0.05) is 24.4 Å². The smallest absolute Gasteiger partial charge is 0.328 e. The summed E-state index contributed by atoms with van der Waals surface area (Å²) in [6, 6.07) is 0.127. The van der Waals surface area contributed by atoms with E-state index in [1.54, 1.807) is 0 Å². The maximum Gasteiger partial charge on any atom is 0.418 e. The van der Waals surface area contributed by atoms with E-state index in [4.69, 9.17) is 5.73 Å². The first-order valence-electron chi connectivity index (χ1n) is 7.70. The predicted octanol–water partition coefficient (Wildman–Crippen LogP) is 3.67. The summed E-state index contributed by atoms with van der Waals surface area (Å²) in [5.41, 5.74) is 5.94. The van der Waals surface area contributed by atoms with Crippen LogP contribution >= 0.6 is 0 Å². The van der Waals surface area contributed by atoms with Crippen LogP contribution in [0.25, 0.3) is 5.57 Å². The SMILES string of the molecule is C[C@H]1C[C@@H](N)C[C@@H](C2CC=C(C(F)(F)F)c3nccnc32)C1. The van der Waals surface area contributed by atoms with Gasteiger partial charge in [0.25, 0.3) is 0 Å². The minimum absolute atomic E-state index is 0.00181. The lowest BCUT2D eigenvalue weighted by atomic mass is 9.70. The molecule has 1 saturated carbocycles. The summed E-state index contributed by atoms with van der Waals surface area (Å²) in [6.45, 7) is 2.16. The molecular weight excluding hydrogens is 291 g/mol. The molecule has 3 rings (SSSR count). The predicted molar refractivity (Wildman–Crippen MR) is 77.9 cm³/mol. The Balaban J connectivity index is 1.95. The molecule has 0 aromatic carbocycles. The van der Waals surface area contributed by atoms with E-state index in [0.717, 1.165) is 19.3 Å². The number of alkyl halides is 3. The van der Waals surface area contributed by atoms with Crippen LogP contribution in [0, 0.1) is 11.8 Å². The Kier molecular flexibility index (Phi) is 3.97. The van der Waals surface area contributed by atoms with Gasteiger partial charge in [0.15, 0.2) is 0 Å². The van der Waals surface area contributed by atoms with Crippen molar-refractivity contribution in [3.05, 3.63) is 29.9 Å². The molecule has 0 spiro atoms. The number of nitrogens with two attached hydrogens (primary N) is 1. The number of fused-ring (bicyclic) bond motifs is 1. The van der Waals surface area contributed by atoms with Crippen molar-refractivity contribution < 1.29 is 13.2 Å². The third-order valence-electron chi connectivity index (χ3n) is 4.80. The fourth-order valence-electron chi connectivity index (χ4n) is 3.99. The molecule has 2 N–H and O–H groups in total. The summed E-state index contributed by atoms with van der Waals surface area (Å²) in [4.78, 5) is 8.21. The Morgan fingerprint density at radius 2 is 1.86 bits per heavy atom. The number of hydrogen-bond acceptors (Lipinski definition) is 3. The van der Waals surface area contributed by atoms with Crippen molar-refractivity contribution in [2.45, 2.75) is 50.7 Å². The Bertz CT molecular complexity index is 572. The summed E-state index contributed by atoms with van der Waals surface area (Å²) in [7, 11) is 0. The third kappa shape index (κ3) is 2.89. The number of aromatic nitrogens is 2. The average Bonchev–Trinajstić information content (AvgIpc) is 2.44. The third-order valence-corrected chi connectivity index (χ3v) is 4.80. The fourth-order valence-corrected chi connectivity index (χ4v) is 3.99. The average molecular weight is 311 g/mol. The molecule has 0 amide bonds. The van der Waals surface area contributed by atoms with Crippen molar-refractivity contribution in [3.8, 4) is 0 Å². The quantitative estimate of drug-likeness (QED) is 0.861. The molecule has 0 saturated heterocycles. The van der Waals surface area contributed by atoms with Crippen LogP contribution in [0.1, 0.15) is 49.9 Å². The molecule has 1 aromatic heterocycles. The summed E-state index contributed by atoms with van der Waals surface area (Å²) in [5, 5.41) is 0. The molecule has 1 fully saturated rings. The standard InChI is InChI=1S/C16H20F3N3/c1-9-6-10(8-11(20)7-9)12-2-3-13(16(17,18)19)15-14(12)21-4-5-22-15/h3-5,9-12H,2,6-8,20H2,1H3/t9-,10+,11-,12?/m1/s1. The van der Waals surface area contributed by atoms with Gasteiger partial charge in [0.2, 0.25) is 0 Å². The Morgan fingerprint density at radius 1 is 1.14 bits per heavy atom. The van der Waals surface area contributed by atoms with Gasteiger partial charge in [-0.05, 0) is 37.5 Å². The van der Waals surface area contributed by atoms with E-state index >= 15 is 0 Å². The minimum Gasteiger partial charge on any atom is -0.328 e. The van der Waals surface area contributed by atoms with E-state index in [9.17, 15) is 13.2 Å². The van der Waals surface area contributed by atoms with Crippen LogP contribution < -0.4 is 5.73 Å². The highest BCUT2D eigenvalue weighted by Gasteiger charge is 2.42. The van der Waals surface area contributed by atoms with Gasteiger partial charge in [-0.15, -0.1) is 0 Å². The van der Waals surface area contributed by atoms with Crippen molar-refractivity contribution in [1.82, 2.24) is 9.97 Å². The second-order valence-electron chi connectivity index (χ2n) is 6.58. The molecule has 0 radical (unpaired) electrons. The topological polar surface area (TPSA) is 51.8 Å². The van der Waals surface area contributed by atoms with Crippen LogP contribution in [0.2, 0.25) is 0 Å². The lowest BCUT2D eigenvalue weighted by molar-refractivity contribution is -0.0697. The summed E-state index contributed by atoms with van der Waals surface area (Å²) >= 11 is 0. The summed E-state index contributed by atoms with van der Waals surface area (Å²) < 4.78 is 39.5. The van der Waals surface area contributed by atoms with E-state index in [1.165, 1.54) is 18.5 Å². The van der Waals surface area contributed by atoms with Gasteiger partial charge in [0.1, 0.15) is 0 Å². The maximum absolute atomic E-state index is 13.2. The molecule has 3 nitrogen and oxygen atoms in total. The van der Waals surface area contributed by atoms with Crippen LogP contribution in [0.3, 0.4) is 0 Å². The van der Waals surface area contributed by atoms with Crippen molar-refractivity contribution in [3.63, 3.8) is 0 Å². The Morgan fingerprint density at radius 3 is 2.55 bits per heavy atom. The van der Waals surface area contributed by atoms with Crippen molar-refractivity contribution in [2.75, 3.05) is 0 Å². The zero-order valence-corrected chi connectivity index (χ0v) is 12.5. The molecule has 0 aliphatic heterocycles. The van der Waals surface area contributed by atoms with E-state index in [-0.39, 0.29) is 23.6 Å². The first-order valence-corrected chi connectivity index (χ1v) is 7.70. The van der Waals surface area contributed by atoms with Crippen LogP contribution in [0.15, 0.2) is 18.5 Å². The fraction of sp³-hybridized carbons (Fsp3) is 0.625. The number of halogens is 3. The van der Waals surface area contributed by atoms with Crippen LogP contribution in [-0.4, -0.2) is 22.2 Å². The monoisotopic (exact) mass is 311 g/mol. The molecule has 4 atom stereocenters. The van der Waals surface area contributed by atoms with Gasteiger partial charge < -0.3 is 5.73 Å². The normalized spacial score (nSPS) is 32.3. The molecule has 0 bridgehead atoms. The number of hydrogen-bond donors (Lipinski definition) is 1. The minimum atomic E-state index is -4.38. The highest BCUT2D eigenvalue weighted by atomic mass is 19.4. The summed E-state index contributed by atoms with van der Waals surface area (Å²) in [6.07, 6.45) is 2.90. The molecule has 1 unspecified atom stereocenters. The van der Waals surface area contributed by atoms with Gasteiger partial charge >= 0.3 is 6.18 Å². The molecular formula is C16H20F3N3. The second-order valence-corrected chi connectivity index (χ2v) is 6.58. The first-order chi connectivity index (χ1) is 10.4. The Hall–Kier alpha value is -1.43. The summed E-state index contributed by atoms with van der Waals surface area (Å²) in [5.74, 6) is 0.769. The molecule has 120 valence electrons. The van der Waals surface area contributed by atoms with Crippen molar-refractivity contribution >= 4 is 5.57 Å². The van der Waals surface area contributed by atoms with Gasteiger partial charge in [-0.25, -0.2) is 0 Å². The van der Waals surface area contributed by atoms with E-state index in [1.807, 2.05) is 0 Å².